The van der Waals surface area contributed by atoms with E-state index in [2.05, 4.69) is 15.5 Å². The Balaban J connectivity index is 2.49. The molecule has 2 rings (SSSR count). The Labute approximate surface area is 98.0 Å². The van der Waals surface area contributed by atoms with E-state index in [0.29, 0.717) is 5.02 Å². The molecule has 6 nitrogen and oxygen atoms in total. The molecule has 0 aromatic carbocycles. The molecule has 3 N–H and O–H groups in total. The molecule has 0 spiro atoms. The van der Waals surface area contributed by atoms with E-state index in [4.69, 9.17) is 17.4 Å². The van der Waals surface area contributed by atoms with Gasteiger partial charge < -0.3 is 4.57 Å². The lowest BCUT2D eigenvalue weighted by atomic mass is 10.1. The largest absolute Gasteiger partial charge is 0.336 e. The van der Waals surface area contributed by atoms with Gasteiger partial charge >= 0.3 is 0 Å². The van der Waals surface area contributed by atoms with E-state index >= 15 is 0 Å². The van der Waals surface area contributed by atoms with Crippen molar-refractivity contribution in [3.05, 3.63) is 35.1 Å². The summed E-state index contributed by atoms with van der Waals surface area (Å²) in [4.78, 5) is 4.05. The monoisotopic (exact) mass is 240 g/mol. The van der Waals surface area contributed by atoms with Crippen molar-refractivity contribution in [3.8, 4) is 0 Å². The minimum Gasteiger partial charge on any atom is -0.336 e. The fraction of sp³-hybridized carbons (Fsp3) is 0.333. The summed E-state index contributed by atoms with van der Waals surface area (Å²) in [5.41, 5.74) is 4.46. The van der Waals surface area contributed by atoms with E-state index < -0.39 is 0 Å². The number of nitrogens with zero attached hydrogens (tertiary/aromatic N) is 4. The summed E-state index contributed by atoms with van der Waals surface area (Å²) >= 11 is 6.08. The first-order chi connectivity index (χ1) is 7.65. The van der Waals surface area contributed by atoms with Crippen molar-refractivity contribution < 1.29 is 0 Å². The second kappa shape index (κ2) is 4.25. The highest BCUT2D eigenvalue weighted by molar-refractivity contribution is 6.31. The third kappa shape index (κ3) is 1.71. The van der Waals surface area contributed by atoms with Crippen LogP contribution in [0.15, 0.2) is 18.7 Å². The summed E-state index contributed by atoms with van der Waals surface area (Å²) in [5, 5.41) is 4.66. The summed E-state index contributed by atoms with van der Waals surface area (Å²) in [7, 11) is 3.72. The molecule has 0 aliphatic heterocycles. The first-order valence-electron chi connectivity index (χ1n) is 4.75. The summed E-state index contributed by atoms with van der Waals surface area (Å²) in [6.45, 7) is 0. The highest BCUT2D eigenvalue weighted by Gasteiger charge is 2.22. The van der Waals surface area contributed by atoms with Crippen LogP contribution < -0.4 is 11.3 Å². The lowest BCUT2D eigenvalue weighted by Crippen LogP contribution is -2.31. The molecule has 1 atom stereocenters. The van der Waals surface area contributed by atoms with Crippen molar-refractivity contribution in [3.63, 3.8) is 0 Å². The minimum absolute atomic E-state index is 0.229. The number of aromatic nitrogens is 4. The van der Waals surface area contributed by atoms with Gasteiger partial charge in [-0.2, -0.15) is 5.10 Å². The van der Waals surface area contributed by atoms with Crippen LogP contribution in [0.25, 0.3) is 0 Å². The van der Waals surface area contributed by atoms with Crippen LogP contribution in [0.5, 0.6) is 0 Å². The van der Waals surface area contributed by atoms with Gasteiger partial charge in [0.1, 0.15) is 6.04 Å². The highest BCUT2D eigenvalue weighted by Crippen LogP contribution is 2.26. The minimum atomic E-state index is -0.229. The predicted octanol–water partition coefficient (Wildman–Crippen LogP) is 0.360. The Hall–Kier alpha value is -1.37. The van der Waals surface area contributed by atoms with Crippen molar-refractivity contribution in [2.24, 2.45) is 19.9 Å². The molecular weight excluding hydrogens is 228 g/mol. The zero-order valence-corrected chi connectivity index (χ0v) is 9.81. The zero-order valence-electron chi connectivity index (χ0n) is 9.05. The van der Waals surface area contributed by atoms with Gasteiger partial charge in [-0.25, -0.2) is 10.4 Å². The molecule has 0 saturated carbocycles. The first-order valence-corrected chi connectivity index (χ1v) is 5.12. The Bertz CT molecular complexity index is 468. The maximum atomic E-state index is 6.08. The molecule has 0 radical (unpaired) electrons. The lowest BCUT2D eigenvalue weighted by molar-refractivity contribution is 0.549. The summed E-state index contributed by atoms with van der Waals surface area (Å²) in [6, 6.07) is -0.229. The Morgan fingerprint density at radius 1 is 1.44 bits per heavy atom. The Kier molecular flexibility index (Phi) is 2.95. The average Bonchev–Trinajstić information content (AvgIpc) is 2.80. The van der Waals surface area contributed by atoms with Gasteiger partial charge in [0, 0.05) is 14.1 Å². The third-order valence-corrected chi connectivity index (χ3v) is 2.82. The molecule has 0 fully saturated rings. The molecule has 1 unspecified atom stereocenters. The number of hydrazine groups is 1. The van der Waals surface area contributed by atoms with Crippen molar-refractivity contribution >= 4 is 11.6 Å². The van der Waals surface area contributed by atoms with Crippen LogP contribution in [0.2, 0.25) is 5.02 Å². The molecule has 7 heteroatoms. The zero-order chi connectivity index (χ0) is 11.7. The van der Waals surface area contributed by atoms with Gasteiger partial charge in [0.2, 0.25) is 0 Å². The topological polar surface area (TPSA) is 73.7 Å². The van der Waals surface area contributed by atoms with Crippen molar-refractivity contribution in [2.75, 3.05) is 0 Å². The quantitative estimate of drug-likeness (QED) is 0.600. The predicted molar refractivity (Wildman–Crippen MR) is 60.6 cm³/mol. The molecule has 0 aliphatic rings. The molecule has 2 heterocycles. The number of nitrogens with two attached hydrogens (primary N) is 1. The van der Waals surface area contributed by atoms with Gasteiger partial charge in [-0.15, -0.1) is 0 Å². The van der Waals surface area contributed by atoms with Crippen LogP contribution in [0, 0.1) is 0 Å². The van der Waals surface area contributed by atoms with Gasteiger partial charge in [-0.3, -0.25) is 10.5 Å². The van der Waals surface area contributed by atoms with Gasteiger partial charge in [-0.05, 0) is 0 Å². The smallest absolute Gasteiger partial charge is 0.106 e. The van der Waals surface area contributed by atoms with E-state index in [1.807, 2.05) is 18.7 Å². The lowest BCUT2D eigenvalue weighted by Gasteiger charge is -2.17. The summed E-state index contributed by atoms with van der Waals surface area (Å²) < 4.78 is 3.58. The van der Waals surface area contributed by atoms with Gasteiger partial charge in [0.25, 0.3) is 0 Å². The van der Waals surface area contributed by atoms with E-state index in [9.17, 15) is 0 Å². The van der Waals surface area contributed by atoms with Gasteiger partial charge in [0.15, 0.2) is 0 Å². The molecular formula is C9H13ClN6. The van der Waals surface area contributed by atoms with Crippen molar-refractivity contribution in [2.45, 2.75) is 6.04 Å². The van der Waals surface area contributed by atoms with E-state index in [0.717, 1.165) is 11.4 Å². The fourth-order valence-electron chi connectivity index (χ4n) is 1.69. The van der Waals surface area contributed by atoms with E-state index in [1.165, 1.54) is 0 Å². The van der Waals surface area contributed by atoms with Crippen molar-refractivity contribution in [1.29, 1.82) is 0 Å². The van der Waals surface area contributed by atoms with Crippen LogP contribution in [-0.4, -0.2) is 19.3 Å². The second-order valence-electron chi connectivity index (χ2n) is 3.53. The molecule has 2 aromatic rings. The highest BCUT2D eigenvalue weighted by atomic mass is 35.5. The first kappa shape index (κ1) is 11.1. The molecule has 0 bridgehead atoms. The van der Waals surface area contributed by atoms with Gasteiger partial charge in [0.05, 0.1) is 35.1 Å². The maximum Gasteiger partial charge on any atom is 0.106 e. The number of aryl methyl sites for hydroxylation is 2. The van der Waals surface area contributed by atoms with Gasteiger partial charge in [-0.1, -0.05) is 11.6 Å². The molecule has 16 heavy (non-hydrogen) atoms. The van der Waals surface area contributed by atoms with Crippen LogP contribution in [0.3, 0.4) is 0 Å². The number of nitrogens with one attached hydrogen (secondary N) is 1. The molecule has 0 aliphatic carbocycles. The number of hydrogen-bond donors (Lipinski definition) is 2. The normalized spacial score (nSPS) is 13.0. The van der Waals surface area contributed by atoms with Crippen LogP contribution in [0.1, 0.15) is 17.4 Å². The average molecular weight is 241 g/mol. The fourth-order valence-corrected chi connectivity index (χ4v) is 1.97. The number of halogens is 1. The van der Waals surface area contributed by atoms with Crippen LogP contribution >= 0.6 is 11.6 Å². The Morgan fingerprint density at radius 2 is 2.19 bits per heavy atom. The molecule has 86 valence electrons. The maximum absolute atomic E-state index is 6.08. The molecule has 0 amide bonds. The van der Waals surface area contributed by atoms with E-state index in [-0.39, 0.29) is 6.04 Å². The number of hydrogen-bond acceptors (Lipinski definition) is 4. The SMILES string of the molecule is Cn1cncc1C(NN)c1c(Cl)cnn1C. The van der Waals surface area contributed by atoms with Crippen LogP contribution in [-0.2, 0) is 14.1 Å². The summed E-state index contributed by atoms with van der Waals surface area (Å²) in [6.07, 6.45) is 5.05. The third-order valence-electron chi connectivity index (χ3n) is 2.53. The molecule has 2 aromatic heterocycles. The Morgan fingerprint density at radius 3 is 2.62 bits per heavy atom. The van der Waals surface area contributed by atoms with Crippen molar-refractivity contribution in [1.82, 2.24) is 24.8 Å². The number of rotatable bonds is 3. The second-order valence-corrected chi connectivity index (χ2v) is 3.94. The number of imidazole rings is 1. The molecule has 0 saturated heterocycles. The summed E-state index contributed by atoms with van der Waals surface area (Å²) in [5.74, 6) is 5.57. The van der Waals surface area contributed by atoms with E-state index in [1.54, 1.807) is 23.4 Å². The van der Waals surface area contributed by atoms with Crippen LogP contribution in [0.4, 0.5) is 0 Å². The standard InChI is InChI=1S/C9H13ClN6/c1-15-5-12-4-7(15)8(14-11)9-6(10)3-13-16(9)2/h3-5,8,14H,11H2,1-2H3.